The second-order valence-electron chi connectivity index (χ2n) is 5.49. The number of nitrogens with one attached hydrogen (secondary N) is 2. The molecule has 0 heterocycles. The second-order valence-corrected chi connectivity index (χ2v) is 7.38. The number of amides is 1. The van der Waals surface area contributed by atoms with Crippen LogP contribution in [0.5, 0.6) is 0 Å². The van der Waals surface area contributed by atoms with E-state index < -0.39 is 10.0 Å². The smallest absolute Gasteiger partial charge is 0.251 e. The average Bonchev–Trinajstić information content (AvgIpc) is 2.48. The summed E-state index contributed by atoms with van der Waals surface area (Å²) in [6, 6.07) is 4.83. The van der Waals surface area contributed by atoms with Crippen molar-refractivity contribution in [2.75, 3.05) is 7.05 Å². The molecule has 0 unspecified atom stereocenters. The Morgan fingerprint density at radius 1 is 1.19 bits per heavy atom. The van der Waals surface area contributed by atoms with Crippen LogP contribution < -0.4 is 10.0 Å². The average molecular weight is 310 g/mol. The molecule has 1 saturated carbocycles. The molecule has 116 valence electrons. The second kappa shape index (κ2) is 6.58. The molecule has 1 fully saturated rings. The molecule has 1 aromatic carbocycles. The van der Waals surface area contributed by atoms with E-state index in [4.69, 9.17) is 0 Å². The van der Waals surface area contributed by atoms with E-state index in [2.05, 4.69) is 10.0 Å². The molecule has 0 spiro atoms. The van der Waals surface area contributed by atoms with Crippen LogP contribution >= 0.6 is 0 Å². The maximum absolute atomic E-state index is 12.4. The van der Waals surface area contributed by atoms with E-state index in [0.717, 1.165) is 31.2 Å². The Hall–Kier alpha value is -1.40. The molecule has 6 heteroatoms. The highest BCUT2D eigenvalue weighted by molar-refractivity contribution is 7.89. The fourth-order valence-electron chi connectivity index (χ4n) is 2.64. The van der Waals surface area contributed by atoms with Crippen molar-refractivity contribution in [1.29, 1.82) is 0 Å². The molecular weight excluding hydrogens is 288 g/mol. The quantitative estimate of drug-likeness (QED) is 0.892. The van der Waals surface area contributed by atoms with Crippen molar-refractivity contribution in [3.63, 3.8) is 0 Å². The van der Waals surface area contributed by atoms with Crippen LogP contribution in [0.25, 0.3) is 0 Å². The molecule has 0 aliphatic heterocycles. The van der Waals surface area contributed by atoms with Gasteiger partial charge in [0.2, 0.25) is 10.0 Å². The van der Waals surface area contributed by atoms with Gasteiger partial charge in [-0.3, -0.25) is 4.79 Å². The summed E-state index contributed by atoms with van der Waals surface area (Å²) in [5.41, 5.74) is 1.20. The first-order valence-corrected chi connectivity index (χ1v) is 8.77. The predicted octanol–water partition coefficient (Wildman–Crippen LogP) is 1.97. The molecule has 0 bridgehead atoms. The first-order valence-electron chi connectivity index (χ1n) is 7.29. The van der Waals surface area contributed by atoms with Crippen LogP contribution in [0.1, 0.15) is 48.0 Å². The van der Waals surface area contributed by atoms with Crippen molar-refractivity contribution >= 4 is 15.9 Å². The Balaban J connectivity index is 2.21. The van der Waals surface area contributed by atoms with Gasteiger partial charge in [-0.15, -0.1) is 0 Å². The molecule has 1 amide bonds. The highest BCUT2D eigenvalue weighted by Crippen LogP contribution is 2.19. The van der Waals surface area contributed by atoms with Crippen LogP contribution in [-0.4, -0.2) is 27.4 Å². The van der Waals surface area contributed by atoms with E-state index in [1.807, 2.05) is 6.92 Å². The number of carbonyl (C=O) groups is 1. The highest BCUT2D eigenvalue weighted by Gasteiger charge is 2.20. The minimum atomic E-state index is -3.53. The zero-order valence-corrected chi connectivity index (χ0v) is 13.3. The molecule has 1 aromatic rings. The van der Waals surface area contributed by atoms with Crippen molar-refractivity contribution in [3.05, 3.63) is 29.3 Å². The minimum absolute atomic E-state index is 0.115. The van der Waals surface area contributed by atoms with Crippen LogP contribution in [0.15, 0.2) is 23.1 Å². The van der Waals surface area contributed by atoms with Gasteiger partial charge in [0.1, 0.15) is 0 Å². The third kappa shape index (κ3) is 3.83. The maximum Gasteiger partial charge on any atom is 0.251 e. The van der Waals surface area contributed by atoms with Crippen molar-refractivity contribution in [1.82, 2.24) is 10.0 Å². The first-order chi connectivity index (χ1) is 9.94. The molecule has 0 atom stereocenters. The minimum Gasteiger partial charge on any atom is -0.349 e. The van der Waals surface area contributed by atoms with Gasteiger partial charge in [-0.05, 0) is 44.5 Å². The lowest BCUT2D eigenvalue weighted by molar-refractivity contribution is 0.0927. The number of carbonyl (C=O) groups excluding carboxylic acids is 1. The predicted molar refractivity (Wildman–Crippen MR) is 81.8 cm³/mol. The van der Waals surface area contributed by atoms with E-state index in [9.17, 15) is 13.2 Å². The SMILES string of the molecule is CNS(=O)(=O)c1ccc(C)c(C(=O)NC2CCCCC2)c1. The van der Waals surface area contributed by atoms with E-state index in [0.29, 0.717) is 5.56 Å². The van der Waals surface area contributed by atoms with Gasteiger partial charge in [-0.2, -0.15) is 0 Å². The molecule has 0 saturated heterocycles. The summed E-state index contributed by atoms with van der Waals surface area (Å²) < 4.78 is 25.9. The third-order valence-electron chi connectivity index (χ3n) is 3.97. The number of hydrogen-bond acceptors (Lipinski definition) is 3. The number of benzene rings is 1. The largest absolute Gasteiger partial charge is 0.349 e. The molecule has 5 nitrogen and oxygen atoms in total. The molecule has 1 aliphatic carbocycles. The van der Waals surface area contributed by atoms with Crippen molar-refractivity contribution in [3.8, 4) is 0 Å². The summed E-state index contributed by atoms with van der Waals surface area (Å²) in [5.74, 6) is -0.187. The standard InChI is InChI=1S/C15H22N2O3S/c1-11-8-9-13(21(19,20)16-2)10-14(11)15(18)17-12-6-4-3-5-7-12/h8-10,12,16H,3-7H2,1-2H3,(H,17,18). The van der Waals surface area contributed by atoms with E-state index in [-0.39, 0.29) is 16.8 Å². The molecule has 21 heavy (non-hydrogen) atoms. The summed E-state index contributed by atoms with van der Waals surface area (Å²) in [6.45, 7) is 1.81. The number of rotatable bonds is 4. The summed E-state index contributed by atoms with van der Waals surface area (Å²) in [7, 11) is -2.18. The Kier molecular flexibility index (Phi) is 5.00. The summed E-state index contributed by atoms with van der Waals surface area (Å²) in [5, 5.41) is 3.02. The van der Waals surface area contributed by atoms with Crippen LogP contribution in [0.4, 0.5) is 0 Å². The Labute approximate surface area is 126 Å². The Bertz CT molecular complexity index is 620. The number of aryl methyl sites for hydroxylation is 1. The first kappa shape index (κ1) is 16.0. The number of hydrogen-bond donors (Lipinski definition) is 2. The van der Waals surface area contributed by atoms with Gasteiger partial charge >= 0.3 is 0 Å². The van der Waals surface area contributed by atoms with E-state index in [1.165, 1.54) is 25.6 Å². The van der Waals surface area contributed by atoms with Crippen molar-refractivity contribution < 1.29 is 13.2 Å². The van der Waals surface area contributed by atoms with Crippen molar-refractivity contribution in [2.45, 2.75) is 50.0 Å². The zero-order chi connectivity index (χ0) is 15.5. The normalized spacial score (nSPS) is 16.7. The topological polar surface area (TPSA) is 75.3 Å². The molecular formula is C15H22N2O3S. The van der Waals surface area contributed by atoms with Gasteiger partial charge in [0.05, 0.1) is 4.90 Å². The van der Waals surface area contributed by atoms with Crippen LogP contribution in [-0.2, 0) is 10.0 Å². The monoisotopic (exact) mass is 310 g/mol. The Morgan fingerprint density at radius 2 is 1.86 bits per heavy atom. The van der Waals surface area contributed by atoms with E-state index in [1.54, 1.807) is 6.07 Å². The van der Waals surface area contributed by atoms with Gasteiger partial charge < -0.3 is 5.32 Å². The molecule has 1 aliphatic rings. The maximum atomic E-state index is 12.4. The van der Waals surface area contributed by atoms with Crippen molar-refractivity contribution in [2.24, 2.45) is 0 Å². The highest BCUT2D eigenvalue weighted by atomic mass is 32.2. The van der Waals surface area contributed by atoms with Gasteiger partial charge in [-0.25, -0.2) is 13.1 Å². The lowest BCUT2D eigenvalue weighted by Crippen LogP contribution is -2.36. The Morgan fingerprint density at radius 3 is 2.48 bits per heavy atom. The lowest BCUT2D eigenvalue weighted by atomic mass is 9.95. The molecule has 0 radical (unpaired) electrons. The van der Waals surface area contributed by atoms with Crippen LogP contribution in [0.3, 0.4) is 0 Å². The van der Waals surface area contributed by atoms with Crippen LogP contribution in [0.2, 0.25) is 0 Å². The summed E-state index contributed by atoms with van der Waals surface area (Å²) >= 11 is 0. The molecule has 2 rings (SSSR count). The van der Waals surface area contributed by atoms with Gasteiger partial charge in [0.25, 0.3) is 5.91 Å². The van der Waals surface area contributed by atoms with E-state index >= 15 is 0 Å². The van der Waals surface area contributed by atoms with Gasteiger partial charge in [0, 0.05) is 11.6 Å². The number of sulfonamides is 1. The molecule has 0 aromatic heterocycles. The summed E-state index contributed by atoms with van der Waals surface area (Å²) in [4.78, 5) is 12.5. The third-order valence-corrected chi connectivity index (χ3v) is 5.39. The van der Waals surface area contributed by atoms with Crippen LogP contribution in [0, 0.1) is 6.92 Å². The van der Waals surface area contributed by atoms with Gasteiger partial charge in [0.15, 0.2) is 0 Å². The lowest BCUT2D eigenvalue weighted by Gasteiger charge is -2.23. The van der Waals surface area contributed by atoms with Gasteiger partial charge in [-0.1, -0.05) is 25.3 Å². The summed E-state index contributed by atoms with van der Waals surface area (Å²) in [6.07, 6.45) is 5.50. The zero-order valence-electron chi connectivity index (χ0n) is 12.5. The fourth-order valence-corrected chi connectivity index (χ4v) is 3.40. The molecule has 2 N–H and O–H groups in total. The fraction of sp³-hybridized carbons (Fsp3) is 0.533.